The molecular weight excluding hydrogens is 236 g/mol. The van der Waals surface area contributed by atoms with Gasteiger partial charge in [-0.15, -0.1) is 0 Å². The number of hydrogen-bond donors (Lipinski definition) is 0. The van der Waals surface area contributed by atoms with Crippen LogP contribution in [-0.2, 0) is 4.74 Å². The SMILES string of the molecule is CC(C)C.CCCCOCCN(CC)CCN(C)C. The number of rotatable bonds is 10. The number of hydrogen-bond acceptors (Lipinski definition) is 3. The molecule has 19 heavy (non-hydrogen) atoms. The lowest BCUT2D eigenvalue weighted by Crippen LogP contribution is -2.34. The maximum absolute atomic E-state index is 5.56. The molecule has 3 heteroatoms. The van der Waals surface area contributed by atoms with E-state index in [-0.39, 0.29) is 0 Å². The summed E-state index contributed by atoms with van der Waals surface area (Å²) in [6.07, 6.45) is 2.40. The molecule has 0 aromatic rings. The van der Waals surface area contributed by atoms with Crippen LogP contribution in [0.3, 0.4) is 0 Å². The summed E-state index contributed by atoms with van der Waals surface area (Å²) < 4.78 is 5.56. The van der Waals surface area contributed by atoms with Crippen LogP contribution >= 0.6 is 0 Å². The molecule has 0 aliphatic rings. The molecule has 0 unspecified atom stereocenters. The second-order valence-corrected chi connectivity index (χ2v) is 5.94. The Balaban J connectivity index is 0. The Morgan fingerprint density at radius 3 is 1.89 bits per heavy atom. The molecular formula is C16H38N2O. The Morgan fingerprint density at radius 1 is 0.895 bits per heavy atom. The minimum Gasteiger partial charge on any atom is -0.380 e. The monoisotopic (exact) mass is 274 g/mol. The first-order valence-electron chi connectivity index (χ1n) is 7.88. The molecule has 0 atom stereocenters. The summed E-state index contributed by atoms with van der Waals surface area (Å²) in [7, 11) is 4.23. The highest BCUT2D eigenvalue weighted by atomic mass is 16.5. The molecule has 0 saturated heterocycles. The van der Waals surface area contributed by atoms with Crippen LogP contribution in [0, 0.1) is 5.92 Å². The fourth-order valence-corrected chi connectivity index (χ4v) is 1.31. The van der Waals surface area contributed by atoms with Crippen LogP contribution in [0.25, 0.3) is 0 Å². The third-order valence-corrected chi connectivity index (χ3v) is 2.50. The van der Waals surface area contributed by atoms with E-state index in [1.807, 2.05) is 0 Å². The van der Waals surface area contributed by atoms with Crippen LogP contribution < -0.4 is 0 Å². The van der Waals surface area contributed by atoms with Crippen molar-refractivity contribution in [3.05, 3.63) is 0 Å². The number of nitrogens with zero attached hydrogens (tertiary/aromatic N) is 2. The lowest BCUT2D eigenvalue weighted by Gasteiger charge is -2.22. The summed E-state index contributed by atoms with van der Waals surface area (Å²) in [5.41, 5.74) is 0. The summed E-state index contributed by atoms with van der Waals surface area (Å²) in [6, 6.07) is 0. The molecule has 0 aromatic carbocycles. The lowest BCUT2D eigenvalue weighted by atomic mass is 10.3. The van der Waals surface area contributed by atoms with Crippen LogP contribution in [-0.4, -0.2) is 63.3 Å². The zero-order chi connectivity index (χ0) is 15.1. The fourth-order valence-electron chi connectivity index (χ4n) is 1.31. The molecule has 0 radical (unpaired) electrons. The van der Waals surface area contributed by atoms with Gasteiger partial charge in [0.15, 0.2) is 0 Å². The minimum absolute atomic E-state index is 0.833. The van der Waals surface area contributed by atoms with Crippen LogP contribution in [0.5, 0.6) is 0 Å². The first-order valence-corrected chi connectivity index (χ1v) is 7.88. The van der Waals surface area contributed by atoms with Gasteiger partial charge in [0.25, 0.3) is 0 Å². The average Bonchev–Trinajstić information content (AvgIpc) is 2.31. The van der Waals surface area contributed by atoms with Crippen molar-refractivity contribution in [2.45, 2.75) is 47.5 Å². The fraction of sp³-hybridized carbons (Fsp3) is 1.00. The molecule has 0 rings (SSSR count). The molecule has 0 bridgehead atoms. The van der Waals surface area contributed by atoms with Crippen molar-refractivity contribution >= 4 is 0 Å². The second-order valence-electron chi connectivity index (χ2n) is 5.94. The van der Waals surface area contributed by atoms with Gasteiger partial charge in [0, 0.05) is 26.2 Å². The van der Waals surface area contributed by atoms with Crippen molar-refractivity contribution in [1.29, 1.82) is 0 Å². The third-order valence-electron chi connectivity index (χ3n) is 2.50. The Kier molecular flexibility index (Phi) is 17.8. The van der Waals surface area contributed by atoms with Crippen molar-refractivity contribution in [3.8, 4) is 0 Å². The standard InChI is InChI=1S/C12H28N2O.C4H10/c1-5-7-11-15-12-10-14(6-2)9-8-13(3)4;1-4(2)3/h5-12H2,1-4H3;4H,1-3H3. The second kappa shape index (κ2) is 15.9. The van der Waals surface area contributed by atoms with Gasteiger partial charge < -0.3 is 14.5 Å². The van der Waals surface area contributed by atoms with Crippen molar-refractivity contribution in [3.63, 3.8) is 0 Å². The molecule has 0 saturated carbocycles. The van der Waals surface area contributed by atoms with Crippen LogP contribution in [0.4, 0.5) is 0 Å². The predicted molar refractivity (Wildman–Crippen MR) is 86.9 cm³/mol. The summed E-state index contributed by atoms with van der Waals surface area (Å²) in [6.45, 7) is 17.1. The summed E-state index contributed by atoms with van der Waals surface area (Å²) in [5.74, 6) is 0.833. The highest BCUT2D eigenvalue weighted by Gasteiger charge is 2.02. The molecule has 0 spiro atoms. The normalized spacial score (nSPS) is 11.1. The Labute approximate surface area is 122 Å². The van der Waals surface area contributed by atoms with E-state index in [1.54, 1.807) is 0 Å². The molecule has 0 aromatic heterocycles. The highest BCUT2D eigenvalue weighted by Crippen LogP contribution is 1.91. The van der Waals surface area contributed by atoms with E-state index in [4.69, 9.17) is 4.74 Å². The smallest absolute Gasteiger partial charge is 0.0593 e. The largest absolute Gasteiger partial charge is 0.380 e. The van der Waals surface area contributed by atoms with Crippen LogP contribution in [0.15, 0.2) is 0 Å². The van der Waals surface area contributed by atoms with E-state index < -0.39 is 0 Å². The van der Waals surface area contributed by atoms with E-state index >= 15 is 0 Å². The van der Waals surface area contributed by atoms with Crippen molar-refractivity contribution < 1.29 is 4.74 Å². The molecule has 0 aliphatic heterocycles. The van der Waals surface area contributed by atoms with Gasteiger partial charge in [0.1, 0.15) is 0 Å². The van der Waals surface area contributed by atoms with Gasteiger partial charge in [-0.05, 0) is 33.0 Å². The van der Waals surface area contributed by atoms with Crippen molar-refractivity contribution in [2.75, 3.05) is 53.5 Å². The quantitative estimate of drug-likeness (QED) is 0.568. The average molecular weight is 274 g/mol. The van der Waals surface area contributed by atoms with Gasteiger partial charge in [-0.25, -0.2) is 0 Å². The van der Waals surface area contributed by atoms with Crippen molar-refractivity contribution in [1.82, 2.24) is 9.80 Å². The van der Waals surface area contributed by atoms with E-state index in [2.05, 4.69) is 58.5 Å². The topological polar surface area (TPSA) is 15.7 Å². The van der Waals surface area contributed by atoms with Gasteiger partial charge in [-0.2, -0.15) is 0 Å². The first-order chi connectivity index (χ1) is 8.93. The van der Waals surface area contributed by atoms with Crippen LogP contribution in [0.1, 0.15) is 47.5 Å². The van der Waals surface area contributed by atoms with E-state index in [0.717, 1.165) is 45.3 Å². The molecule has 3 nitrogen and oxygen atoms in total. The Hall–Kier alpha value is -0.120. The first kappa shape index (κ1) is 21.2. The van der Waals surface area contributed by atoms with Gasteiger partial charge in [-0.3, -0.25) is 0 Å². The third kappa shape index (κ3) is 23.4. The molecule has 118 valence electrons. The number of ether oxygens (including phenoxy) is 1. The zero-order valence-corrected chi connectivity index (χ0v) is 14.5. The zero-order valence-electron chi connectivity index (χ0n) is 14.5. The van der Waals surface area contributed by atoms with Crippen molar-refractivity contribution in [2.24, 2.45) is 5.92 Å². The number of likely N-dealkylation sites (N-methyl/N-ethyl adjacent to an activating group) is 2. The summed E-state index contributed by atoms with van der Waals surface area (Å²) >= 11 is 0. The Bertz CT molecular complexity index is 158. The molecule has 0 amide bonds. The lowest BCUT2D eigenvalue weighted by molar-refractivity contribution is 0.101. The number of unbranched alkanes of at least 4 members (excludes halogenated alkanes) is 1. The molecule has 0 fully saturated rings. The summed E-state index contributed by atoms with van der Waals surface area (Å²) in [5, 5.41) is 0. The summed E-state index contributed by atoms with van der Waals surface area (Å²) in [4.78, 5) is 4.66. The van der Waals surface area contributed by atoms with Crippen LogP contribution in [0.2, 0.25) is 0 Å². The molecule has 0 N–H and O–H groups in total. The molecule has 0 aliphatic carbocycles. The van der Waals surface area contributed by atoms with E-state index in [1.165, 1.54) is 12.8 Å². The maximum Gasteiger partial charge on any atom is 0.0593 e. The van der Waals surface area contributed by atoms with Gasteiger partial charge in [0.2, 0.25) is 0 Å². The van der Waals surface area contributed by atoms with E-state index in [0.29, 0.717) is 0 Å². The van der Waals surface area contributed by atoms with E-state index in [9.17, 15) is 0 Å². The van der Waals surface area contributed by atoms with Gasteiger partial charge >= 0.3 is 0 Å². The highest BCUT2D eigenvalue weighted by molar-refractivity contribution is 4.56. The van der Waals surface area contributed by atoms with Gasteiger partial charge in [-0.1, -0.05) is 41.0 Å². The minimum atomic E-state index is 0.833. The predicted octanol–water partition coefficient (Wildman–Crippen LogP) is 3.35. The maximum atomic E-state index is 5.56. The Morgan fingerprint density at radius 2 is 1.47 bits per heavy atom. The molecule has 0 heterocycles. The van der Waals surface area contributed by atoms with Gasteiger partial charge in [0.05, 0.1) is 6.61 Å².